The molecule has 1 saturated carbocycles. The molecule has 0 bridgehead atoms. The fraction of sp³-hybridized carbons (Fsp3) is 0.929. The van der Waals surface area contributed by atoms with Gasteiger partial charge >= 0.3 is 0 Å². The molecular formula is C14H29N3O. The van der Waals surface area contributed by atoms with Crippen LogP contribution in [-0.2, 0) is 4.79 Å². The molecule has 0 saturated heterocycles. The third-order valence-electron chi connectivity index (χ3n) is 4.26. The quantitative estimate of drug-likeness (QED) is 0.330. The summed E-state index contributed by atoms with van der Waals surface area (Å²) >= 11 is 0. The van der Waals surface area contributed by atoms with Gasteiger partial charge in [-0.25, -0.2) is 5.84 Å². The number of hydrazine groups is 1. The SMILES string of the molecule is CN(CCCCC(=O)NN)C1CCC(C)(C)CC1. The lowest BCUT2D eigenvalue weighted by Gasteiger charge is -2.38. The first-order valence-electron chi connectivity index (χ1n) is 7.14. The van der Waals surface area contributed by atoms with Crippen LogP contribution in [0.1, 0.15) is 58.8 Å². The summed E-state index contributed by atoms with van der Waals surface area (Å²) in [6.45, 7) is 5.83. The summed E-state index contributed by atoms with van der Waals surface area (Å²) in [5.74, 6) is 4.99. The second-order valence-electron chi connectivity index (χ2n) is 6.40. The minimum Gasteiger partial charge on any atom is -0.303 e. The zero-order chi connectivity index (χ0) is 13.6. The molecule has 1 rings (SSSR count). The summed E-state index contributed by atoms with van der Waals surface area (Å²) < 4.78 is 0. The average Bonchev–Trinajstić information content (AvgIpc) is 2.33. The fourth-order valence-electron chi connectivity index (χ4n) is 2.73. The van der Waals surface area contributed by atoms with Crippen LogP contribution in [0.25, 0.3) is 0 Å². The standard InChI is InChI=1S/C14H29N3O/c1-14(2)9-7-12(8-10-14)17(3)11-5-4-6-13(18)16-15/h12H,4-11,15H2,1-3H3,(H,16,18). The fourth-order valence-corrected chi connectivity index (χ4v) is 2.73. The van der Waals surface area contributed by atoms with E-state index >= 15 is 0 Å². The lowest BCUT2D eigenvalue weighted by molar-refractivity contribution is -0.121. The molecule has 0 spiro atoms. The maximum absolute atomic E-state index is 11.0. The Balaban J connectivity index is 2.14. The van der Waals surface area contributed by atoms with Gasteiger partial charge in [-0.3, -0.25) is 10.2 Å². The molecule has 0 aliphatic heterocycles. The third kappa shape index (κ3) is 5.36. The van der Waals surface area contributed by atoms with Crippen molar-refractivity contribution in [1.82, 2.24) is 10.3 Å². The van der Waals surface area contributed by atoms with Gasteiger partial charge < -0.3 is 4.90 Å². The van der Waals surface area contributed by atoms with Gasteiger partial charge in [-0.15, -0.1) is 0 Å². The summed E-state index contributed by atoms with van der Waals surface area (Å²) in [5, 5.41) is 0. The predicted octanol–water partition coefficient (Wildman–Crippen LogP) is 2.05. The number of hydrogen-bond donors (Lipinski definition) is 2. The van der Waals surface area contributed by atoms with Crippen LogP contribution in [0.3, 0.4) is 0 Å². The molecule has 4 heteroatoms. The topological polar surface area (TPSA) is 58.4 Å². The summed E-state index contributed by atoms with van der Waals surface area (Å²) in [6.07, 6.45) is 7.83. The molecule has 1 aliphatic rings. The van der Waals surface area contributed by atoms with E-state index in [0.717, 1.165) is 25.4 Å². The smallest absolute Gasteiger partial charge is 0.233 e. The molecule has 106 valence electrons. The zero-order valence-corrected chi connectivity index (χ0v) is 12.2. The van der Waals surface area contributed by atoms with E-state index in [1.807, 2.05) is 0 Å². The van der Waals surface area contributed by atoms with E-state index in [1.54, 1.807) is 0 Å². The number of rotatable bonds is 6. The molecule has 1 amide bonds. The Morgan fingerprint density at radius 3 is 2.50 bits per heavy atom. The number of carbonyl (C=O) groups is 1. The van der Waals surface area contributed by atoms with Crippen molar-refractivity contribution >= 4 is 5.91 Å². The molecule has 0 aromatic heterocycles. The first-order valence-corrected chi connectivity index (χ1v) is 7.14. The van der Waals surface area contributed by atoms with Crippen LogP contribution in [0, 0.1) is 5.41 Å². The van der Waals surface area contributed by atoms with Gasteiger partial charge in [-0.2, -0.15) is 0 Å². The third-order valence-corrected chi connectivity index (χ3v) is 4.26. The van der Waals surface area contributed by atoms with Crippen molar-refractivity contribution in [2.24, 2.45) is 11.3 Å². The van der Waals surface area contributed by atoms with Crippen molar-refractivity contribution in [3.05, 3.63) is 0 Å². The van der Waals surface area contributed by atoms with Gasteiger partial charge in [0, 0.05) is 12.5 Å². The highest BCUT2D eigenvalue weighted by molar-refractivity contribution is 5.75. The van der Waals surface area contributed by atoms with Gasteiger partial charge in [-0.1, -0.05) is 13.8 Å². The van der Waals surface area contributed by atoms with Crippen molar-refractivity contribution in [3.63, 3.8) is 0 Å². The summed E-state index contributed by atoms with van der Waals surface area (Å²) in [7, 11) is 2.21. The Hall–Kier alpha value is -0.610. The zero-order valence-electron chi connectivity index (χ0n) is 12.2. The van der Waals surface area contributed by atoms with E-state index in [2.05, 4.69) is 31.2 Å². The highest BCUT2D eigenvalue weighted by atomic mass is 16.2. The molecule has 0 atom stereocenters. The van der Waals surface area contributed by atoms with Crippen LogP contribution >= 0.6 is 0 Å². The molecular weight excluding hydrogens is 226 g/mol. The summed E-state index contributed by atoms with van der Waals surface area (Å²) in [6, 6.07) is 0.737. The Morgan fingerprint density at radius 2 is 1.94 bits per heavy atom. The van der Waals surface area contributed by atoms with Gasteiger partial charge in [0.05, 0.1) is 0 Å². The normalized spacial score (nSPS) is 20.1. The molecule has 4 nitrogen and oxygen atoms in total. The summed E-state index contributed by atoms with van der Waals surface area (Å²) in [4.78, 5) is 13.4. The van der Waals surface area contributed by atoms with Crippen LogP contribution in [-0.4, -0.2) is 30.4 Å². The van der Waals surface area contributed by atoms with Crippen LogP contribution < -0.4 is 11.3 Å². The maximum atomic E-state index is 11.0. The first-order chi connectivity index (χ1) is 8.44. The number of carbonyl (C=O) groups excluding carboxylic acids is 1. The molecule has 0 heterocycles. The number of amides is 1. The Kier molecular flexibility index (Phi) is 6.09. The van der Waals surface area contributed by atoms with Crippen LogP contribution in [0.5, 0.6) is 0 Å². The predicted molar refractivity (Wildman–Crippen MR) is 74.8 cm³/mol. The number of hydrogen-bond acceptors (Lipinski definition) is 3. The van der Waals surface area contributed by atoms with Crippen molar-refractivity contribution in [1.29, 1.82) is 0 Å². The summed E-state index contributed by atoms with van der Waals surface area (Å²) in [5.41, 5.74) is 2.71. The van der Waals surface area contributed by atoms with Gasteiger partial charge in [-0.05, 0) is 57.5 Å². The molecule has 1 aliphatic carbocycles. The Labute approximate surface area is 111 Å². The number of nitrogens with one attached hydrogen (secondary N) is 1. The van der Waals surface area contributed by atoms with Gasteiger partial charge in [0.25, 0.3) is 0 Å². The minimum atomic E-state index is -0.0583. The lowest BCUT2D eigenvalue weighted by Crippen LogP contribution is -2.37. The number of unbranched alkanes of at least 4 members (excludes halogenated alkanes) is 1. The van der Waals surface area contributed by atoms with E-state index < -0.39 is 0 Å². The van der Waals surface area contributed by atoms with E-state index in [0.29, 0.717) is 11.8 Å². The molecule has 0 aromatic carbocycles. The van der Waals surface area contributed by atoms with Gasteiger partial charge in [0.2, 0.25) is 5.91 Å². The number of nitrogens with zero attached hydrogens (tertiary/aromatic N) is 1. The molecule has 0 unspecified atom stereocenters. The highest BCUT2D eigenvalue weighted by Gasteiger charge is 2.28. The second kappa shape index (κ2) is 7.10. The largest absolute Gasteiger partial charge is 0.303 e. The van der Waals surface area contributed by atoms with Crippen LogP contribution in [0.2, 0.25) is 0 Å². The second-order valence-corrected chi connectivity index (χ2v) is 6.40. The van der Waals surface area contributed by atoms with E-state index in [4.69, 9.17) is 5.84 Å². The highest BCUT2D eigenvalue weighted by Crippen LogP contribution is 2.36. The van der Waals surface area contributed by atoms with E-state index in [1.165, 1.54) is 25.7 Å². The van der Waals surface area contributed by atoms with Crippen molar-refractivity contribution < 1.29 is 4.79 Å². The number of nitrogens with two attached hydrogens (primary N) is 1. The maximum Gasteiger partial charge on any atom is 0.233 e. The molecule has 0 radical (unpaired) electrons. The van der Waals surface area contributed by atoms with Gasteiger partial charge in [0.15, 0.2) is 0 Å². The molecule has 1 fully saturated rings. The molecule has 3 N–H and O–H groups in total. The van der Waals surface area contributed by atoms with E-state index in [-0.39, 0.29) is 5.91 Å². The van der Waals surface area contributed by atoms with Gasteiger partial charge in [0.1, 0.15) is 0 Å². The van der Waals surface area contributed by atoms with Crippen molar-refractivity contribution in [2.45, 2.75) is 64.8 Å². The average molecular weight is 255 g/mol. The molecule has 18 heavy (non-hydrogen) atoms. The van der Waals surface area contributed by atoms with E-state index in [9.17, 15) is 4.79 Å². The minimum absolute atomic E-state index is 0.0583. The van der Waals surface area contributed by atoms with Crippen LogP contribution in [0.15, 0.2) is 0 Å². The van der Waals surface area contributed by atoms with Crippen LogP contribution in [0.4, 0.5) is 0 Å². The Bertz CT molecular complexity index is 256. The lowest BCUT2D eigenvalue weighted by atomic mass is 9.75. The molecule has 0 aromatic rings. The first kappa shape index (κ1) is 15.4. The Morgan fingerprint density at radius 1 is 1.33 bits per heavy atom. The monoisotopic (exact) mass is 255 g/mol. The van der Waals surface area contributed by atoms with Crippen molar-refractivity contribution in [2.75, 3.05) is 13.6 Å². The van der Waals surface area contributed by atoms with Crippen molar-refractivity contribution in [3.8, 4) is 0 Å².